The second-order valence-electron chi connectivity index (χ2n) is 9.47. The topological polar surface area (TPSA) is 136 Å². The number of anilines is 2. The minimum Gasteiger partial charge on any atom is -0.393 e. The summed E-state index contributed by atoms with van der Waals surface area (Å²) in [5.74, 6) is 0.845. The number of nitrogens with two attached hydrogens (primary N) is 1. The number of rotatable bonds is 5. The van der Waals surface area contributed by atoms with Crippen LogP contribution in [0.2, 0.25) is 0 Å². The molecular weight excluding hydrogens is 456 g/mol. The van der Waals surface area contributed by atoms with Gasteiger partial charge in [0.05, 0.1) is 24.2 Å². The van der Waals surface area contributed by atoms with Gasteiger partial charge in [-0.1, -0.05) is 0 Å². The Bertz CT molecular complexity index is 1250. The second-order valence-corrected chi connectivity index (χ2v) is 9.47. The second kappa shape index (κ2) is 10.0. The van der Waals surface area contributed by atoms with Crippen LogP contribution in [0.5, 0.6) is 0 Å². The third-order valence-corrected chi connectivity index (χ3v) is 7.39. The Kier molecular flexibility index (Phi) is 6.65. The van der Waals surface area contributed by atoms with E-state index in [0.717, 1.165) is 73.6 Å². The van der Waals surface area contributed by atoms with Crippen LogP contribution in [-0.4, -0.2) is 60.3 Å². The number of hydrogen-bond donors (Lipinski definition) is 3. The van der Waals surface area contributed by atoms with Gasteiger partial charge >= 0.3 is 6.03 Å². The van der Waals surface area contributed by atoms with Crippen LogP contribution in [0.4, 0.5) is 16.3 Å². The number of nitrogens with one attached hydrogen (secondary N) is 2. The van der Waals surface area contributed by atoms with Crippen LogP contribution < -0.4 is 16.0 Å². The number of fused-ring (bicyclic) bond motifs is 2. The molecule has 10 nitrogen and oxygen atoms in total. The quantitative estimate of drug-likeness (QED) is 0.554. The van der Waals surface area contributed by atoms with Gasteiger partial charge < -0.3 is 31.0 Å². The molecule has 1 aromatic heterocycles. The predicted molar refractivity (Wildman–Crippen MR) is 137 cm³/mol. The lowest BCUT2D eigenvalue weighted by molar-refractivity contribution is 0.0651. The first-order valence-electron chi connectivity index (χ1n) is 12.5. The van der Waals surface area contributed by atoms with E-state index in [4.69, 9.17) is 21.0 Å². The maximum Gasteiger partial charge on any atom is 0.315 e. The van der Waals surface area contributed by atoms with Crippen molar-refractivity contribution in [2.24, 2.45) is 5.73 Å². The molecule has 3 aliphatic heterocycles. The van der Waals surface area contributed by atoms with E-state index in [-0.39, 0.29) is 6.04 Å². The summed E-state index contributed by atoms with van der Waals surface area (Å²) < 4.78 is 7.76. The Morgan fingerprint density at radius 3 is 2.81 bits per heavy atom. The minimum atomic E-state index is -0.420. The van der Waals surface area contributed by atoms with Crippen molar-refractivity contribution < 1.29 is 9.53 Å². The van der Waals surface area contributed by atoms with Gasteiger partial charge in [0.2, 0.25) is 0 Å². The number of primary amides is 1. The van der Waals surface area contributed by atoms with Crippen LogP contribution in [0.25, 0.3) is 5.57 Å². The number of nitriles is 1. The highest BCUT2D eigenvalue weighted by atomic mass is 16.5. The van der Waals surface area contributed by atoms with Crippen molar-refractivity contribution in [3.8, 4) is 6.07 Å². The van der Waals surface area contributed by atoms with Crippen molar-refractivity contribution in [2.75, 3.05) is 38.3 Å². The first kappa shape index (κ1) is 23.9. The van der Waals surface area contributed by atoms with Crippen LogP contribution >= 0.6 is 0 Å². The molecule has 0 radical (unpaired) electrons. The molecule has 3 aliphatic rings. The van der Waals surface area contributed by atoms with E-state index in [1.54, 1.807) is 18.1 Å². The lowest BCUT2D eigenvalue weighted by Gasteiger charge is -2.33. The van der Waals surface area contributed by atoms with Gasteiger partial charge in [-0.15, -0.1) is 0 Å². The summed E-state index contributed by atoms with van der Waals surface area (Å²) in [5.41, 5.74) is 11.9. The molecule has 4 N–H and O–H groups in total. The number of urea groups is 1. The average molecular weight is 489 g/mol. The Balaban J connectivity index is 1.62. The van der Waals surface area contributed by atoms with E-state index in [9.17, 15) is 10.1 Å². The molecule has 0 spiro atoms. The molecule has 1 aromatic carbocycles. The zero-order valence-electron chi connectivity index (χ0n) is 20.6. The van der Waals surface area contributed by atoms with E-state index >= 15 is 0 Å². The molecule has 4 heterocycles. The van der Waals surface area contributed by atoms with Gasteiger partial charge in [0, 0.05) is 80.3 Å². The van der Waals surface area contributed by atoms with E-state index in [1.807, 2.05) is 12.1 Å². The predicted octanol–water partition coefficient (Wildman–Crippen LogP) is 2.84. The molecule has 0 bridgehead atoms. The number of hydrogen-bond acceptors (Lipinski definition) is 7. The zero-order chi connectivity index (χ0) is 25.2. The Morgan fingerprint density at radius 1 is 1.31 bits per heavy atom. The first-order chi connectivity index (χ1) is 17.5. The first-order valence-corrected chi connectivity index (χ1v) is 12.5. The summed E-state index contributed by atoms with van der Waals surface area (Å²) in [5, 5.41) is 25.9. The molecule has 10 heteroatoms. The van der Waals surface area contributed by atoms with Crippen molar-refractivity contribution in [3.63, 3.8) is 0 Å². The highest BCUT2D eigenvalue weighted by molar-refractivity contribution is 6.09. The lowest BCUT2D eigenvalue weighted by atomic mass is 9.92. The number of carbonyl (C=O) groups excluding carboxylic acids is 1. The molecule has 188 valence electrons. The molecule has 36 heavy (non-hydrogen) atoms. The summed E-state index contributed by atoms with van der Waals surface area (Å²) in [6.45, 7) is 3.23. The molecule has 0 aliphatic carbocycles. The van der Waals surface area contributed by atoms with Gasteiger partial charge in [-0.05, 0) is 43.4 Å². The van der Waals surface area contributed by atoms with E-state index in [1.165, 1.54) is 11.9 Å². The fourth-order valence-electron chi connectivity index (χ4n) is 5.60. The van der Waals surface area contributed by atoms with Gasteiger partial charge in [0.25, 0.3) is 0 Å². The third kappa shape index (κ3) is 4.20. The van der Waals surface area contributed by atoms with Gasteiger partial charge in [-0.2, -0.15) is 10.4 Å². The van der Waals surface area contributed by atoms with Crippen molar-refractivity contribution in [1.82, 2.24) is 20.0 Å². The average Bonchev–Trinajstić information content (AvgIpc) is 3.29. The minimum absolute atomic E-state index is 0.268. The van der Waals surface area contributed by atoms with Gasteiger partial charge in [0.15, 0.2) is 5.82 Å². The van der Waals surface area contributed by atoms with Crippen LogP contribution in [0.3, 0.4) is 0 Å². The van der Waals surface area contributed by atoms with Crippen LogP contribution in [0, 0.1) is 16.7 Å². The number of carbonyl (C=O) groups is 1. The van der Waals surface area contributed by atoms with Crippen LogP contribution in [0.15, 0.2) is 18.3 Å². The molecule has 0 saturated carbocycles. The van der Waals surface area contributed by atoms with E-state index in [0.29, 0.717) is 30.6 Å². The summed E-state index contributed by atoms with van der Waals surface area (Å²) in [6.07, 6.45) is 7.36. The lowest BCUT2D eigenvalue weighted by Crippen LogP contribution is -2.40. The number of nitrogens with zero attached hydrogens (tertiary/aromatic N) is 5. The smallest absolute Gasteiger partial charge is 0.315 e. The Morgan fingerprint density at radius 2 is 2.11 bits per heavy atom. The maximum atomic E-state index is 12.1. The summed E-state index contributed by atoms with van der Waals surface area (Å²) in [6, 6.07) is 6.13. The van der Waals surface area contributed by atoms with Crippen LogP contribution in [-0.2, 0) is 24.1 Å². The van der Waals surface area contributed by atoms with Gasteiger partial charge in [-0.3, -0.25) is 4.68 Å². The maximum absolute atomic E-state index is 12.1. The molecule has 2 amide bonds. The highest BCUT2D eigenvalue weighted by Gasteiger charge is 2.33. The monoisotopic (exact) mass is 488 g/mol. The number of ether oxygens (including phenoxy) is 1. The molecule has 2 aromatic rings. The molecule has 1 fully saturated rings. The zero-order valence-corrected chi connectivity index (χ0v) is 20.6. The molecule has 0 unspecified atom stereocenters. The highest BCUT2D eigenvalue weighted by Crippen LogP contribution is 2.41. The molecular formula is C26H32N8O2. The summed E-state index contributed by atoms with van der Waals surface area (Å²) >= 11 is 0. The number of amides is 2. The third-order valence-electron chi connectivity index (χ3n) is 7.39. The molecule has 1 saturated heterocycles. The number of aromatic nitrogens is 2. The van der Waals surface area contributed by atoms with E-state index in [2.05, 4.69) is 21.0 Å². The molecule has 5 rings (SSSR count). The Hall–Kier alpha value is -3.84. The summed E-state index contributed by atoms with van der Waals surface area (Å²) in [7, 11) is 1.78. The number of benzene rings is 1. The van der Waals surface area contributed by atoms with Gasteiger partial charge in [0.1, 0.15) is 0 Å². The SMILES string of the molecule is CN/C=C(\C=N)c1cc2c(cc1C#N)N(c1nn(C3CCOCC3)c3c1CN(C(N)=O)CC3)CCC2. The van der Waals surface area contributed by atoms with E-state index < -0.39 is 6.03 Å². The fourth-order valence-corrected chi connectivity index (χ4v) is 5.60. The summed E-state index contributed by atoms with van der Waals surface area (Å²) in [4.78, 5) is 15.9. The molecule has 0 atom stereocenters. The van der Waals surface area contributed by atoms with Crippen molar-refractivity contribution in [3.05, 3.63) is 46.3 Å². The normalized spacial score (nSPS) is 18.3. The van der Waals surface area contributed by atoms with Crippen LogP contribution in [0.1, 0.15) is 53.3 Å². The standard InChI is InChI=1S/C26H32N8O2/c1-30-15-19(14-28)21-11-17-3-2-7-33(24(17)12-18(21)13-27)25-22-16-32(26(29)35)8-4-23(22)34(31-25)20-5-9-36-10-6-20/h11-12,14-15,20,28,30H,2-10,16H2,1H3,(H2,29,35)/b19-15+,28-14?. The number of allylic oxidation sites excluding steroid dienone is 1. The van der Waals surface area contributed by atoms with Crippen molar-refractivity contribution in [2.45, 2.75) is 44.7 Å². The largest absolute Gasteiger partial charge is 0.393 e. The van der Waals surface area contributed by atoms with Crippen molar-refractivity contribution in [1.29, 1.82) is 10.7 Å². The van der Waals surface area contributed by atoms with Gasteiger partial charge in [-0.25, -0.2) is 4.79 Å². The van der Waals surface area contributed by atoms with Crippen molar-refractivity contribution >= 4 is 29.3 Å². The number of aryl methyl sites for hydroxylation is 1. The Labute approximate surface area is 210 Å². The fraction of sp³-hybridized carbons (Fsp3) is 0.462.